The van der Waals surface area contributed by atoms with Crippen molar-refractivity contribution in [1.82, 2.24) is 0 Å². The number of hydrogen-bond donors (Lipinski definition) is 1. The van der Waals surface area contributed by atoms with Gasteiger partial charge in [-0.1, -0.05) is 30.3 Å². The molecular weight excluding hydrogens is 215 g/mol. The Labute approximate surface area is 101 Å². The summed E-state index contributed by atoms with van der Waals surface area (Å²) in [7, 11) is 0. The summed E-state index contributed by atoms with van der Waals surface area (Å²) >= 11 is 0. The Hall–Kier alpha value is -1.67. The maximum Gasteiger partial charge on any atom is 0.123 e. The Morgan fingerprint density at radius 2 is 1.59 bits per heavy atom. The second-order valence-corrected chi connectivity index (χ2v) is 4.26. The molecule has 1 N–H and O–H groups in total. The summed E-state index contributed by atoms with van der Waals surface area (Å²) in [4.78, 5) is 0. The fourth-order valence-corrected chi connectivity index (χ4v) is 2.01. The van der Waals surface area contributed by atoms with Crippen LogP contribution in [-0.2, 0) is 0 Å². The highest BCUT2D eigenvalue weighted by atomic mass is 19.1. The minimum absolute atomic E-state index is 0.275. The van der Waals surface area contributed by atoms with Crippen LogP contribution < -0.4 is 0 Å². The maximum atomic E-state index is 13.0. The minimum Gasteiger partial charge on any atom is -0.384 e. The van der Waals surface area contributed by atoms with E-state index in [4.69, 9.17) is 0 Å². The Balaban J connectivity index is 2.44. The Morgan fingerprint density at radius 1 is 0.941 bits per heavy atom. The van der Waals surface area contributed by atoms with Crippen molar-refractivity contribution in [3.63, 3.8) is 0 Å². The summed E-state index contributed by atoms with van der Waals surface area (Å²) in [6.45, 7) is 3.76. The second kappa shape index (κ2) is 4.68. The highest BCUT2D eigenvalue weighted by Crippen LogP contribution is 2.27. The summed E-state index contributed by atoms with van der Waals surface area (Å²) in [6, 6.07) is 12.1. The van der Waals surface area contributed by atoms with Gasteiger partial charge in [0.25, 0.3) is 0 Å². The molecule has 2 heteroatoms. The topological polar surface area (TPSA) is 20.2 Å². The predicted octanol–water partition coefficient (Wildman–Crippen LogP) is 3.52. The molecule has 0 aliphatic heterocycles. The summed E-state index contributed by atoms with van der Waals surface area (Å²) in [5.41, 5.74) is 3.41. The molecule has 2 aromatic rings. The van der Waals surface area contributed by atoms with Crippen LogP contribution in [0.4, 0.5) is 4.39 Å². The molecule has 0 amide bonds. The van der Waals surface area contributed by atoms with E-state index in [1.807, 2.05) is 31.2 Å². The lowest BCUT2D eigenvalue weighted by molar-refractivity contribution is 0.218. The van der Waals surface area contributed by atoms with E-state index in [2.05, 4.69) is 0 Å². The Bertz CT molecular complexity index is 534. The van der Waals surface area contributed by atoms with E-state index >= 15 is 0 Å². The molecule has 0 aliphatic carbocycles. The van der Waals surface area contributed by atoms with Crippen molar-refractivity contribution < 1.29 is 9.50 Å². The zero-order valence-electron chi connectivity index (χ0n) is 9.94. The van der Waals surface area contributed by atoms with Gasteiger partial charge in [-0.25, -0.2) is 4.39 Å². The van der Waals surface area contributed by atoms with Crippen molar-refractivity contribution in [2.75, 3.05) is 0 Å². The fraction of sp³-hybridized carbons (Fsp3) is 0.200. The van der Waals surface area contributed by atoms with E-state index in [1.165, 1.54) is 12.1 Å². The van der Waals surface area contributed by atoms with Crippen molar-refractivity contribution >= 4 is 0 Å². The average Bonchev–Trinajstić information content (AvgIpc) is 2.29. The SMILES string of the molecule is Cc1ccccc1C(O)c1ccc(F)cc1C. The van der Waals surface area contributed by atoms with Gasteiger partial charge in [0, 0.05) is 0 Å². The van der Waals surface area contributed by atoms with Crippen LogP contribution in [0.15, 0.2) is 42.5 Å². The van der Waals surface area contributed by atoms with Crippen LogP contribution >= 0.6 is 0 Å². The third-order valence-electron chi connectivity index (χ3n) is 3.01. The lowest BCUT2D eigenvalue weighted by atomic mass is 9.94. The van der Waals surface area contributed by atoms with Crippen molar-refractivity contribution in [3.8, 4) is 0 Å². The molecule has 2 rings (SSSR count). The number of aliphatic hydroxyl groups is 1. The van der Waals surface area contributed by atoms with Crippen molar-refractivity contribution in [1.29, 1.82) is 0 Å². The van der Waals surface area contributed by atoms with E-state index in [1.54, 1.807) is 13.0 Å². The molecule has 0 saturated carbocycles. The van der Waals surface area contributed by atoms with Crippen LogP contribution in [0.25, 0.3) is 0 Å². The van der Waals surface area contributed by atoms with E-state index < -0.39 is 6.10 Å². The molecule has 17 heavy (non-hydrogen) atoms. The molecule has 1 nitrogen and oxygen atoms in total. The van der Waals surface area contributed by atoms with Crippen LogP contribution in [0, 0.1) is 19.7 Å². The molecule has 0 aromatic heterocycles. The molecule has 1 unspecified atom stereocenters. The number of aryl methyl sites for hydroxylation is 2. The molecule has 88 valence electrons. The number of halogens is 1. The quantitative estimate of drug-likeness (QED) is 0.836. The van der Waals surface area contributed by atoms with E-state index in [9.17, 15) is 9.50 Å². The first-order chi connectivity index (χ1) is 8.09. The molecule has 0 bridgehead atoms. The molecule has 0 aliphatic rings. The second-order valence-electron chi connectivity index (χ2n) is 4.26. The van der Waals surface area contributed by atoms with Gasteiger partial charge in [0.2, 0.25) is 0 Å². The smallest absolute Gasteiger partial charge is 0.123 e. The Kier molecular flexibility index (Phi) is 3.25. The monoisotopic (exact) mass is 230 g/mol. The minimum atomic E-state index is -0.697. The normalized spacial score (nSPS) is 12.5. The molecule has 1 atom stereocenters. The third kappa shape index (κ3) is 2.37. The van der Waals surface area contributed by atoms with Gasteiger partial charge in [0.1, 0.15) is 11.9 Å². The first-order valence-corrected chi connectivity index (χ1v) is 5.59. The molecule has 0 spiro atoms. The molecule has 0 radical (unpaired) electrons. The maximum absolute atomic E-state index is 13.0. The fourth-order valence-electron chi connectivity index (χ4n) is 2.01. The van der Waals surface area contributed by atoms with Gasteiger partial charge in [-0.2, -0.15) is 0 Å². The molecular formula is C15H15FO. The number of benzene rings is 2. The molecule has 0 fully saturated rings. The van der Waals surface area contributed by atoms with Crippen molar-refractivity contribution in [3.05, 3.63) is 70.5 Å². The number of hydrogen-bond acceptors (Lipinski definition) is 1. The summed E-state index contributed by atoms with van der Waals surface area (Å²) in [5, 5.41) is 10.3. The van der Waals surface area contributed by atoms with Gasteiger partial charge in [-0.05, 0) is 48.2 Å². The molecule has 2 aromatic carbocycles. The van der Waals surface area contributed by atoms with Crippen molar-refractivity contribution in [2.45, 2.75) is 20.0 Å². The number of rotatable bonds is 2. The average molecular weight is 230 g/mol. The Morgan fingerprint density at radius 3 is 2.24 bits per heavy atom. The van der Waals surface area contributed by atoms with Crippen LogP contribution in [0.1, 0.15) is 28.4 Å². The molecule has 0 heterocycles. The van der Waals surface area contributed by atoms with Crippen LogP contribution in [0.3, 0.4) is 0 Å². The summed E-state index contributed by atoms with van der Waals surface area (Å²) in [6.07, 6.45) is -0.697. The van der Waals surface area contributed by atoms with E-state index in [0.717, 1.165) is 22.3 Å². The van der Waals surface area contributed by atoms with Gasteiger partial charge in [0.15, 0.2) is 0 Å². The van der Waals surface area contributed by atoms with Gasteiger partial charge in [-0.3, -0.25) is 0 Å². The van der Waals surface area contributed by atoms with Gasteiger partial charge in [0.05, 0.1) is 0 Å². The lowest BCUT2D eigenvalue weighted by Gasteiger charge is -2.16. The zero-order valence-corrected chi connectivity index (χ0v) is 9.94. The van der Waals surface area contributed by atoms with Gasteiger partial charge in [-0.15, -0.1) is 0 Å². The van der Waals surface area contributed by atoms with Crippen LogP contribution in [0.2, 0.25) is 0 Å². The van der Waals surface area contributed by atoms with Gasteiger partial charge < -0.3 is 5.11 Å². The van der Waals surface area contributed by atoms with Crippen molar-refractivity contribution in [2.24, 2.45) is 0 Å². The third-order valence-corrected chi connectivity index (χ3v) is 3.01. The van der Waals surface area contributed by atoms with E-state index in [0.29, 0.717) is 0 Å². The summed E-state index contributed by atoms with van der Waals surface area (Å²) < 4.78 is 13.0. The van der Waals surface area contributed by atoms with Crippen LogP contribution in [0.5, 0.6) is 0 Å². The summed E-state index contributed by atoms with van der Waals surface area (Å²) in [5.74, 6) is -0.275. The standard InChI is InChI=1S/C15H15FO/c1-10-5-3-4-6-13(10)15(17)14-8-7-12(16)9-11(14)2/h3-9,15,17H,1-2H3. The largest absolute Gasteiger partial charge is 0.384 e. The highest BCUT2D eigenvalue weighted by molar-refractivity contribution is 5.38. The van der Waals surface area contributed by atoms with Gasteiger partial charge >= 0.3 is 0 Å². The zero-order chi connectivity index (χ0) is 12.4. The number of aliphatic hydroxyl groups excluding tert-OH is 1. The van der Waals surface area contributed by atoms with E-state index in [-0.39, 0.29) is 5.82 Å². The first kappa shape index (κ1) is 11.8. The first-order valence-electron chi connectivity index (χ1n) is 5.59. The molecule has 0 saturated heterocycles. The highest BCUT2D eigenvalue weighted by Gasteiger charge is 2.14. The lowest BCUT2D eigenvalue weighted by Crippen LogP contribution is -2.04. The predicted molar refractivity (Wildman–Crippen MR) is 66.4 cm³/mol. The van der Waals surface area contributed by atoms with Crippen LogP contribution in [-0.4, -0.2) is 5.11 Å².